The molecule has 1 amide bonds. The van der Waals surface area contributed by atoms with Crippen LogP contribution in [0.5, 0.6) is 6.01 Å². The van der Waals surface area contributed by atoms with Gasteiger partial charge in [-0.2, -0.15) is 4.98 Å². The van der Waals surface area contributed by atoms with Crippen molar-refractivity contribution in [3.8, 4) is 6.01 Å². The van der Waals surface area contributed by atoms with Crippen LogP contribution >= 0.6 is 0 Å². The van der Waals surface area contributed by atoms with Crippen molar-refractivity contribution in [3.05, 3.63) is 47.2 Å². The molecule has 1 aliphatic heterocycles. The molecule has 1 aliphatic rings. The van der Waals surface area contributed by atoms with Crippen molar-refractivity contribution in [2.75, 3.05) is 25.2 Å². The van der Waals surface area contributed by atoms with Gasteiger partial charge in [-0.15, -0.1) is 0 Å². The molecule has 3 rings (SSSR count). The summed E-state index contributed by atoms with van der Waals surface area (Å²) >= 11 is 0. The van der Waals surface area contributed by atoms with Crippen LogP contribution in [0.2, 0.25) is 0 Å². The predicted molar refractivity (Wildman–Crippen MR) is 90.1 cm³/mol. The minimum atomic E-state index is 0.0351. The molecule has 24 heavy (non-hydrogen) atoms. The molecule has 0 unspecified atom stereocenters. The van der Waals surface area contributed by atoms with Crippen LogP contribution in [0.3, 0.4) is 0 Å². The van der Waals surface area contributed by atoms with Crippen molar-refractivity contribution in [2.24, 2.45) is 0 Å². The Kier molecular flexibility index (Phi) is 5.05. The summed E-state index contributed by atoms with van der Waals surface area (Å²) in [6.07, 6.45) is 3.00. The minimum absolute atomic E-state index is 0.0351. The Hall–Kier alpha value is -2.47. The van der Waals surface area contributed by atoms with E-state index in [0.29, 0.717) is 32.0 Å². The zero-order valence-corrected chi connectivity index (χ0v) is 14.0. The lowest BCUT2D eigenvalue weighted by molar-refractivity contribution is -0.117. The molecule has 0 N–H and O–H groups in total. The number of methoxy groups -OCH3 is 1. The van der Waals surface area contributed by atoms with Gasteiger partial charge in [-0.3, -0.25) is 9.69 Å². The van der Waals surface area contributed by atoms with Gasteiger partial charge in [0, 0.05) is 18.9 Å². The minimum Gasteiger partial charge on any atom is -0.461 e. The van der Waals surface area contributed by atoms with E-state index in [1.54, 1.807) is 18.2 Å². The van der Waals surface area contributed by atoms with Gasteiger partial charge in [0.2, 0.25) is 5.91 Å². The van der Waals surface area contributed by atoms with Crippen LogP contribution in [0.4, 0.5) is 5.82 Å². The third kappa shape index (κ3) is 3.54. The van der Waals surface area contributed by atoms with Gasteiger partial charge in [-0.25, -0.2) is 4.98 Å². The van der Waals surface area contributed by atoms with Gasteiger partial charge < -0.3 is 9.47 Å². The fourth-order valence-corrected chi connectivity index (χ4v) is 2.63. The Morgan fingerprint density at radius 2 is 1.92 bits per heavy atom. The van der Waals surface area contributed by atoms with Gasteiger partial charge in [0.15, 0.2) is 0 Å². The number of ether oxygens (including phenoxy) is 2. The summed E-state index contributed by atoms with van der Waals surface area (Å²) in [5.41, 5.74) is 3.20. The second-order valence-corrected chi connectivity index (χ2v) is 5.67. The van der Waals surface area contributed by atoms with Gasteiger partial charge in [0.05, 0.1) is 19.6 Å². The van der Waals surface area contributed by atoms with Gasteiger partial charge >= 0.3 is 6.01 Å². The first kappa shape index (κ1) is 16.4. The maximum atomic E-state index is 12.3. The summed E-state index contributed by atoms with van der Waals surface area (Å²) in [5.74, 6) is 0.676. The molecule has 0 fully saturated rings. The van der Waals surface area contributed by atoms with Crippen molar-refractivity contribution in [2.45, 2.75) is 26.3 Å². The quantitative estimate of drug-likeness (QED) is 0.729. The van der Waals surface area contributed by atoms with E-state index in [0.717, 1.165) is 17.5 Å². The number of amides is 1. The second-order valence-electron chi connectivity index (χ2n) is 5.67. The molecule has 2 aromatic rings. The first-order valence-corrected chi connectivity index (χ1v) is 8.07. The maximum Gasteiger partial charge on any atom is 0.318 e. The fourth-order valence-electron chi connectivity index (χ4n) is 2.63. The number of aryl methyl sites for hydroxylation is 1. The standard InChI is InChI=1S/C18H21N3O3/c1-3-13-4-6-14(7-5-13)12-21-16(22)10-15-11-19-18(20-17(15)21)24-9-8-23-2/h4-7,11H,3,8-10,12H2,1-2H3. The van der Waals surface area contributed by atoms with Crippen LogP contribution in [0.1, 0.15) is 23.6 Å². The van der Waals surface area contributed by atoms with E-state index < -0.39 is 0 Å². The molecule has 0 saturated heterocycles. The van der Waals surface area contributed by atoms with E-state index in [2.05, 4.69) is 41.2 Å². The van der Waals surface area contributed by atoms with Gasteiger partial charge in [-0.1, -0.05) is 31.2 Å². The van der Waals surface area contributed by atoms with Crippen molar-refractivity contribution >= 4 is 11.7 Å². The largest absolute Gasteiger partial charge is 0.461 e. The predicted octanol–water partition coefficient (Wildman–Crippen LogP) is 2.15. The average Bonchev–Trinajstić information content (AvgIpc) is 2.91. The lowest BCUT2D eigenvalue weighted by atomic mass is 10.1. The summed E-state index contributed by atoms with van der Waals surface area (Å²) in [6.45, 7) is 3.47. The summed E-state index contributed by atoms with van der Waals surface area (Å²) in [6, 6.07) is 8.57. The maximum absolute atomic E-state index is 12.3. The third-order valence-electron chi connectivity index (χ3n) is 4.01. The van der Waals surface area contributed by atoms with Crippen molar-refractivity contribution in [1.82, 2.24) is 9.97 Å². The number of anilines is 1. The van der Waals surface area contributed by atoms with Crippen LogP contribution < -0.4 is 9.64 Å². The van der Waals surface area contributed by atoms with E-state index in [9.17, 15) is 4.79 Å². The van der Waals surface area contributed by atoms with Crippen molar-refractivity contribution in [3.63, 3.8) is 0 Å². The second kappa shape index (κ2) is 7.40. The fraction of sp³-hybridized carbons (Fsp3) is 0.389. The van der Waals surface area contributed by atoms with E-state index in [1.165, 1.54) is 5.56 Å². The molecule has 0 spiro atoms. The van der Waals surface area contributed by atoms with Gasteiger partial charge in [0.1, 0.15) is 12.4 Å². The monoisotopic (exact) mass is 327 g/mol. The number of benzene rings is 1. The zero-order chi connectivity index (χ0) is 16.9. The molecule has 0 atom stereocenters. The van der Waals surface area contributed by atoms with Crippen molar-refractivity contribution < 1.29 is 14.3 Å². The average molecular weight is 327 g/mol. The van der Waals surface area contributed by atoms with Crippen LogP contribution in [0, 0.1) is 0 Å². The topological polar surface area (TPSA) is 64.6 Å². The number of aromatic nitrogens is 2. The molecule has 0 aliphatic carbocycles. The number of nitrogens with zero attached hydrogens (tertiary/aromatic N) is 3. The summed E-state index contributed by atoms with van der Waals surface area (Å²) in [4.78, 5) is 22.6. The SMILES string of the molecule is CCc1ccc(CN2C(=O)Cc3cnc(OCCOC)nc32)cc1. The Balaban J connectivity index is 1.77. The highest BCUT2D eigenvalue weighted by molar-refractivity contribution is 6.00. The molecule has 6 heteroatoms. The Morgan fingerprint density at radius 1 is 1.17 bits per heavy atom. The Bertz CT molecular complexity index is 716. The number of carbonyl (C=O) groups is 1. The lowest BCUT2D eigenvalue weighted by Gasteiger charge is -2.17. The number of rotatable bonds is 7. The van der Waals surface area contributed by atoms with Crippen LogP contribution in [0.15, 0.2) is 30.5 Å². The number of hydrogen-bond donors (Lipinski definition) is 0. The summed E-state index contributed by atoms with van der Waals surface area (Å²) in [5, 5.41) is 0. The zero-order valence-electron chi connectivity index (χ0n) is 14.0. The molecule has 2 heterocycles. The smallest absolute Gasteiger partial charge is 0.318 e. The molecule has 1 aromatic carbocycles. The highest BCUT2D eigenvalue weighted by Crippen LogP contribution is 2.29. The molecular formula is C18H21N3O3. The van der Waals surface area contributed by atoms with Crippen LogP contribution in [0.25, 0.3) is 0 Å². The van der Waals surface area contributed by atoms with Crippen molar-refractivity contribution in [1.29, 1.82) is 0 Å². The first-order chi connectivity index (χ1) is 11.7. The van der Waals surface area contributed by atoms with E-state index in [1.807, 2.05) is 0 Å². The number of hydrogen-bond acceptors (Lipinski definition) is 5. The Labute approximate surface area is 141 Å². The van der Waals surface area contributed by atoms with Crippen LogP contribution in [-0.4, -0.2) is 36.2 Å². The van der Waals surface area contributed by atoms with E-state index in [-0.39, 0.29) is 11.9 Å². The molecule has 6 nitrogen and oxygen atoms in total. The highest BCUT2D eigenvalue weighted by atomic mass is 16.5. The van der Waals surface area contributed by atoms with Gasteiger partial charge in [-0.05, 0) is 17.5 Å². The van der Waals surface area contributed by atoms with Gasteiger partial charge in [0.25, 0.3) is 0 Å². The summed E-state index contributed by atoms with van der Waals surface area (Å²) < 4.78 is 10.4. The molecule has 0 saturated carbocycles. The number of carbonyl (C=O) groups excluding carboxylic acids is 1. The Morgan fingerprint density at radius 3 is 2.62 bits per heavy atom. The molecule has 0 bridgehead atoms. The summed E-state index contributed by atoms with van der Waals surface area (Å²) in [7, 11) is 1.61. The molecule has 0 radical (unpaired) electrons. The number of fused-ring (bicyclic) bond motifs is 1. The highest BCUT2D eigenvalue weighted by Gasteiger charge is 2.29. The van der Waals surface area contributed by atoms with Crippen LogP contribution in [-0.2, 0) is 28.9 Å². The first-order valence-electron chi connectivity index (χ1n) is 8.07. The molecule has 126 valence electrons. The molecule has 1 aromatic heterocycles. The van der Waals surface area contributed by atoms with E-state index in [4.69, 9.17) is 9.47 Å². The third-order valence-corrected chi connectivity index (χ3v) is 4.01. The van der Waals surface area contributed by atoms with E-state index >= 15 is 0 Å². The normalized spacial score (nSPS) is 13.2. The molecular weight excluding hydrogens is 306 g/mol. The lowest BCUT2D eigenvalue weighted by Crippen LogP contribution is -2.26.